The minimum absolute atomic E-state index is 0.402. The summed E-state index contributed by atoms with van der Waals surface area (Å²) in [6.07, 6.45) is 10.0. The van der Waals surface area contributed by atoms with Gasteiger partial charge in [0.25, 0.3) is 0 Å². The maximum Gasteiger partial charge on any atom is 0.441 e. The first-order valence-corrected chi connectivity index (χ1v) is 6.54. The van der Waals surface area contributed by atoms with E-state index in [1.807, 2.05) is 19.4 Å². The molecule has 0 aliphatic rings. The van der Waals surface area contributed by atoms with Crippen molar-refractivity contribution in [3.63, 3.8) is 0 Å². The van der Waals surface area contributed by atoms with Gasteiger partial charge in [-0.3, -0.25) is 18.8 Å². The monoisotopic (exact) mass is 286 g/mol. The summed E-state index contributed by atoms with van der Waals surface area (Å²) in [5.41, 5.74) is 1.65. The highest BCUT2D eigenvalue weighted by Crippen LogP contribution is 2.11. The van der Waals surface area contributed by atoms with Gasteiger partial charge in [-0.25, -0.2) is 9.78 Å². The van der Waals surface area contributed by atoms with Crippen LogP contribution >= 0.6 is 0 Å². The van der Waals surface area contributed by atoms with Crippen molar-refractivity contribution in [3.8, 4) is 11.5 Å². The minimum atomic E-state index is -0.484. The number of hydrogen-bond acceptors (Lipinski definition) is 6. The van der Waals surface area contributed by atoms with Gasteiger partial charge in [-0.05, 0) is 18.4 Å². The van der Waals surface area contributed by atoms with Gasteiger partial charge in [-0.2, -0.15) is 5.10 Å². The van der Waals surface area contributed by atoms with E-state index in [1.54, 1.807) is 23.3 Å². The molecule has 0 amide bonds. The summed E-state index contributed by atoms with van der Waals surface area (Å²) in [7, 11) is 1.88. The van der Waals surface area contributed by atoms with E-state index in [2.05, 4.69) is 20.2 Å². The van der Waals surface area contributed by atoms with Crippen molar-refractivity contribution in [2.75, 3.05) is 0 Å². The van der Waals surface area contributed by atoms with Gasteiger partial charge in [-0.15, -0.1) is 0 Å². The molecule has 0 bridgehead atoms. The van der Waals surface area contributed by atoms with E-state index in [0.29, 0.717) is 18.1 Å². The number of nitrogens with zero attached hydrogens (tertiary/aromatic N) is 6. The van der Waals surface area contributed by atoms with Crippen molar-refractivity contribution in [1.29, 1.82) is 0 Å². The van der Waals surface area contributed by atoms with Gasteiger partial charge < -0.3 is 0 Å². The van der Waals surface area contributed by atoms with Crippen LogP contribution in [0, 0.1) is 0 Å². The van der Waals surface area contributed by atoms with Crippen molar-refractivity contribution in [1.82, 2.24) is 29.5 Å². The fraction of sp³-hybridized carbons (Fsp3) is 0.308. The SMILES string of the molecule is Cn1cc(CCCn2c(-c3cnccn3)noc2=O)cn1. The van der Waals surface area contributed by atoms with Crippen molar-refractivity contribution in [2.24, 2.45) is 7.05 Å². The first-order chi connectivity index (χ1) is 10.2. The Bertz CT molecular complexity index is 773. The van der Waals surface area contributed by atoms with Crippen LogP contribution in [0.25, 0.3) is 11.5 Å². The second-order valence-corrected chi connectivity index (χ2v) is 4.64. The molecular formula is C13H14N6O2. The first kappa shape index (κ1) is 13.2. The van der Waals surface area contributed by atoms with Crippen LogP contribution in [0.5, 0.6) is 0 Å². The Kier molecular flexibility index (Phi) is 3.59. The van der Waals surface area contributed by atoms with E-state index in [-0.39, 0.29) is 0 Å². The molecule has 0 unspecified atom stereocenters. The molecule has 8 nitrogen and oxygen atoms in total. The standard InChI is InChI=1S/C13H14N6O2/c1-18-9-10(7-16-18)3-2-6-19-12(17-21-13(19)20)11-8-14-4-5-15-11/h4-5,7-9H,2-3,6H2,1H3. The zero-order valence-corrected chi connectivity index (χ0v) is 11.5. The van der Waals surface area contributed by atoms with Gasteiger partial charge >= 0.3 is 5.76 Å². The normalized spacial score (nSPS) is 10.9. The molecule has 0 radical (unpaired) electrons. The van der Waals surface area contributed by atoms with E-state index in [1.165, 1.54) is 4.57 Å². The molecule has 0 aromatic carbocycles. The zero-order valence-electron chi connectivity index (χ0n) is 11.5. The van der Waals surface area contributed by atoms with Crippen LogP contribution in [0.15, 0.2) is 40.3 Å². The summed E-state index contributed by atoms with van der Waals surface area (Å²) in [6.45, 7) is 0.503. The molecule has 0 spiro atoms. The molecule has 3 aromatic heterocycles. The lowest BCUT2D eigenvalue weighted by molar-refractivity contribution is 0.375. The van der Waals surface area contributed by atoms with Crippen LogP contribution in [0.3, 0.4) is 0 Å². The van der Waals surface area contributed by atoms with E-state index < -0.39 is 5.76 Å². The van der Waals surface area contributed by atoms with Gasteiger partial charge in [0.2, 0.25) is 5.82 Å². The lowest BCUT2D eigenvalue weighted by Gasteiger charge is -2.02. The summed E-state index contributed by atoms with van der Waals surface area (Å²) in [6, 6.07) is 0. The van der Waals surface area contributed by atoms with Gasteiger partial charge in [-0.1, -0.05) is 5.16 Å². The molecule has 0 saturated heterocycles. The molecule has 108 valence electrons. The molecule has 0 aliphatic carbocycles. The highest BCUT2D eigenvalue weighted by Gasteiger charge is 2.13. The second kappa shape index (κ2) is 5.70. The van der Waals surface area contributed by atoms with Crippen molar-refractivity contribution >= 4 is 0 Å². The number of hydrogen-bond donors (Lipinski definition) is 0. The lowest BCUT2D eigenvalue weighted by Crippen LogP contribution is -2.16. The van der Waals surface area contributed by atoms with Gasteiger partial charge in [0.15, 0.2) is 0 Å². The van der Waals surface area contributed by atoms with Crippen molar-refractivity contribution in [3.05, 3.63) is 47.1 Å². The molecule has 3 heterocycles. The quantitative estimate of drug-likeness (QED) is 0.684. The average Bonchev–Trinajstić information content (AvgIpc) is 3.07. The van der Waals surface area contributed by atoms with Gasteiger partial charge in [0.05, 0.1) is 12.4 Å². The number of rotatable bonds is 5. The third-order valence-corrected chi connectivity index (χ3v) is 3.08. The third-order valence-electron chi connectivity index (χ3n) is 3.08. The minimum Gasteiger partial charge on any atom is -0.295 e. The predicted molar refractivity (Wildman–Crippen MR) is 73.3 cm³/mol. The smallest absolute Gasteiger partial charge is 0.295 e. The first-order valence-electron chi connectivity index (χ1n) is 6.54. The average molecular weight is 286 g/mol. The molecule has 0 saturated carbocycles. The van der Waals surface area contributed by atoms with E-state index >= 15 is 0 Å². The van der Waals surface area contributed by atoms with E-state index in [9.17, 15) is 4.79 Å². The summed E-state index contributed by atoms with van der Waals surface area (Å²) in [5.74, 6) is -0.0823. The molecule has 21 heavy (non-hydrogen) atoms. The zero-order chi connectivity index (χ0) is 14.7. The maximum atomic E-state index is 11.7. The summed E-state index contributed by atoms with van der Waals surface area (Å²) in [5, 5.41) is 7.89. The van der Waals surface area contributed by atoms with Gasteiger partial charge in [0.1, 0.15) is 5.69 Å². The van der Waals surface area contributed by atoms with Crippen molar-refractivity contribution in [2.45, 2.75) is 19.4 Å². The molecule has 0 N–H and O–H groups in total. The van der Waals surface area contributed by atoms with Crippen LogP contribution in [-0.2, 0) is 20.0 Å². The second-order valence-electron chi connectivity index (χ2n) is 4.64. The summed E-state index contributed by atoms with van der Waals surface area (Å²) >= 11 is 0. The van der Waals surface area contributed by atoms with Gasteiger partial charge in [0, 0.05) is 32.2 Å². The Morgan fingerprint density at radius 3 is 2.90 bits per heavy atom. The summed E-state index contributed by atoms with van der Waals surface area (Å²) < 4.78 is 7.96. The Balaban J connectivity index is 1.74. The molecule has 8 heteroatoms. The molecular weight excluding hydrogens is 272 g/mol. The van der Waals surface area contributed by atoms with Crippen LogP contribution in [-0.4, -0.2) is 29.5 Å². The summed E-state index contributed by atoms with van der Waals surface area (Å²) in [4.78, 5) is 19.8. The highest BCUT2D eigenvalue weighted by atomic mass is 16.5. The number of aryl methyl sites for hydroxylation is 2. The van der Waals surface area contributed by atoms with E-state index in [4.69, 9.17) is 4.52 Å². The molecule has 3 rings (SSSR count). The van der Waals surface area contributed by atoms with Crippen LogP contribution in [0.4, 0.5) is 0 Å². The molecule has 0 atom stereocenters. The molecule has 0 aliphatic heterocycles. The Morgan fingerprint density at radius 1 is 1.29 bits per heavy atom. The Hall–Kier alpha value is -2.77. The van der Waals surface area contributed by atoms with Crippen LogP contribution in [0.2, 0.25) is 0 Å². The van der Waals surface area contributed by atoms with Crippen LogP contribution in [0.1, 0.15) is 12.0 Å². The molecule has 0 fully saturated rings. The van der Waals surface area contributed by atoms with E-state index in [0.717, 1.165) is 18.4 Å². The topological polar surface area (TPSA) is 91.6 Å². The maximum absolute atomic E-state index is 11.7. The highest BCUT2D eigenvalue weighted by molar-refractivity contribution is 5.46. The third kappa shape index (κ3) is 2.88. The Labute approximate surface area is 120 Å². The predicted octanol–water partition coefficient (Wildman–Crippen LogP) is 0.660. The number of aromatic nitrogens is 6. The largest absolute Gasteiger partial charge is 0.441 e. The fourth-order valence-electron chi connectivity index (χ4n) is 2.11. The molecule has 3 aromatic rings. The lowest BCUT2D eigenvalue weighted by atomic mass is 10.2. The Morgan fingerprint density at radius 2 is 2.19 bits per heavy atom. The van der Waals surface area contributed by atoms with Crippen molar-refractivity contribution < 1.29 is 4.52 Å². The van der Waals surface area contributed by atoms with Crippen LogP contribution < -0.4 is 5.76 Å². The fourth-order valence-corrected chi connectivity index (χ4v) is 2.11.